The monoisotopic (exact) mass is 458 g/mol. The number of amides is 2. The molecule has 0 aliphatic rings. The zero-order chi connectivity index (χ0) is 23.9. The van der Waals surface area contributed by atoms with Crippen molar-refractivity contribution in [3.63, 3.8) is 0 Å². The number of nitrogens with zero attached hydrogens (tertiary/aromatic N) is 3. The number of hydrogen-bond acceptors (Lipinski definition) is 4. The number of carbonyl (C=O) groups excluding carboxylic acids is 2. The minimum atomic E-state index is -1.14. The SMILES string of the molecule is O=C(Nc1ccc(F)cc1)[C@H](c1ccc(F)cc1)N(Cc1ccccc1)C(=O)c1cnccn1. The fourth-order valence-corrected chi connectivity index (χ4v) is 3.48. The maximum Gasteiger partial charge on any atom is 0.275 e. The number of anilines is 1. The highest BCUT2D eigenvalue weighted by atomic mass is 19.1. The normalized spacial score (nSPS) is 11.5. The van der Waals surface area contributed by atoms with Gasteiger partial charge < -0.3 is 10.2 Å². The number of rotatable bonds is 7. The van der Waals surface area contributed by atoms with E-state index in [1.165, 1.54) is 72.0 Å². The predicted molar refractivity (Wildman–Crippen MR) is 123 cm³/mol. The Balaban J connectivity index is 1.77. The van der Waals surface area contributed by atoms with Crippen molar-refractivity contribution < 1.29 is 18.4 Å². The molecule has 1 heterocycles. The van der Waals surface area contributed by atoms with Crippen LogP contribution in [-0.4, -0.2) is 26.7 Å². The quantitative estimate of drug-likeness (QED) is 0.433. The van der Waals surface area contributed by atoms with Crippen molar-refractivity contribution in [2.45, 2.75) is 12.6 Å². The third-order valence-corrected chi connectivity index (χ3v) is 5.10. The van der Waals surface area contributed by atoms with Crippen LogP contribution in [0.5, 0.6) is 0 Å². The van der Waals surface area contributed by atoms with Crippen LogP contribution in [0.15, 0.2) is 97.5 Å². The van der Waals surface area contributed by atoms with Gasteiger partial charge >= 0.3 is 0 Å². The van der Waals surface area contributed by atoms with E-state index >= 15 is 0 Å². The van der Waals surface area contributed by atoms with Crippen LogP contribution in [0, 0.1) is 11.6 Å². The van der Waals surface area contributed by atoms with E-state index in [0.717, 1.165) is 5.56 Å². The van der Waals surface area contributed by atoms with E-state index < -0.39 is 29.5 Å². The summed E-state index contributed by atoms with van der Waals surface area (Å²) >= 11 is 0. The highest BCUT2D eigenvalue weighted by molar-refractivity contribution is 6.00. The summed E-state index contributed by atoms with van der Waals surface area (Å²) in [5.74, 6) is -2.00. The molecule has 4 aromatic rings. The lowest BCUT2D eigenvalue weighted by Gasteiger charge is -2.31. The zero-order valence-corrected chi connectivity index (χ0v) is 17.9. The molecule has 0 fully saturated rings. The summed E-state index contributed by atoms with van der Waals surface area (Å²) in [6.07, 6.45) is 4.15. The van der Waals surface area contributed by atoms with Crippen LogP contribution in [-0.2, 0) is 11.3 Å². The first-order chi connectivity index (χ1) is 16.5. The molecule has 0 aliphatic heterocycles. The van der Waals surface area contributed by atoms with E-state index in [1.807, 2.05) is 30.3 Å². The average Bonchev–Trinajstić information content (AvgIpc) is 2.87. The second kappa shape index (κ2) is 10.4. The molecule has 4 rings (SSSR count). The summed E-state index contributed by atoms with van der Waals surface area (Å²) in [5.41, 5.74) is 1.58. The molecule has 8 heteroatoms. The average molecular weight is 458 g/mol. The van der Waals surface area contributed by atoms with Gasteiger partial charge in [-0.3, -0.25) is 14.6 Å². The Morgan fingerprint density at radius 2 is 1.50 bits per heavy atom. The van der Waals surface area contributed by atoms with E-state index in [2.05, 4.69) is 15.3 Å². The van der Waals surface area contributed by atoms with Gasteiger partial charge in [-0.05, 0) is 47.5 Å². The fourth-order valence-electron chi connectivity index (χ4n) is 3.48. The first-order valence-corrected chi connectivity index (χ1v) is 10.4. The van der Waals surface area contributed by atoms with E-state index in [0.29, 0.717) is 11.3 Å². The molecule has 170 valence electrons. The second-order valence-corrected chi connectivity index (χ2v) is 7.46. The van der Waals surface area contributed by atoms with Gasteiger partial charge in [-0.1, -0.05) is 42.5 Å². The maximum absolute atomic E-state index is 13.7. The summed E-state index contributed by atoms with van der Waals surface area (Å²) < 4.78 is 27.0. The van der Waals surface area contributed by atoms with Gasteiger partial charge in [0.15, 0.2) is 0 Å². The van der Waals surface area contributed by atoms with Crippen molar-refractivity contribution in [1.82, 2.24) is 14.9 Å². The number of halogens is 2. The lowest BCUT2D eigenvalue weighted by molar-refractivity contribution is -0.121. The molecular weight excluding hydrogens is 438 g/mol. The molecule has 6 nitrogen and oxygen atoms in total. The fraction of sp³-hybridized carbons (Fsp3) is 0.0769. The van der Waals surface area contributed by atoms with Crippen LogP contribution in [0.4, 0.5) is 14.5 Å². The van der Waals surface area contributed by atoms with Gasteiger partial charge in [0.2, 0.25) is 0 Å². The Hall–Kier alpha value is -4.46. The Labute approximate surface area is 194 Å². The first kappa shape index (κ1) is 22.7. The summed E-state index contributed by atoms with van der Waals surface area (Å²) in [5, 5.41) is 2.73. The van der Waals surface area contributed by atoms with Crippen molar-refractivity contribution >= 4 is 17.5 Å². The molecule has 0 bridgehead atoms. The van der Waals surface area contributed by atoms with Gasteiger partial charge in [-0.15, -0.1) is 0 Å². The number of nitrogens with one attached hydrogen (secondary N) is 1. The smallest absolute Gasteiger partial charge is 0.275 e. The van der Waals surface area contributed by atoms with Crippen LogP contribution >= 0.6 is 0 Å². The molecular formula is C26H20F2N4O2. The Morgan fingerprint density at radius 3 is 2.12 bits per heavy atom. The minimum absolute atomic E-state index is 0.0557. The summed E-state index contributed by atoms with van der Waals surface area (Å²) in [4.78, 5) is 36.5. The molecule has 3 aromatic carbocycles. The van der Waals surface area contributed by atoms with Crippen molar-refractivity contribution in [1.29, 1.82) is 0 Å². The molecule has 1 atom stereocenters. The third kappa shape index (κ3) is 5.47. The van der Waals surface area contributed by atoms with E-state index in [4.69, 9.17) is 0 Å². The molecule has 0 unspecified atom stereocenters. The van der Waals surface area contributed by atoms with Crippen LogP contribution in [0.3, 0.4) is 0 Å². The first-order valence-electron chi connectivity index (χ1n) is 10.4. The standard InChI is InChI=1S/C26H20F2N4O2/c27-20-8-6-19(7-9-20)24(25(33)31-22-12-10-21(28)11-13-22)32(17-18-4-2-1-3-5-18)26(34)23-16-29-14-15-30-23/h1-16,24H,17H2,(H,31,33)/t24-/m0/s1. The molecule has 34 heavy (non-hydrogen) atoms. The second-order valence-electron chi connectivity index (χ2n) is 7.46. The van der Waals surface area contributed by atoms with Gasteiger partial charge in [-0.2, -0.15) is 0 Å². The highest BCUT2D eigenvalue weighted by Gasteiger charge is 2.33. The molecule has 0 saturated carbocycles. The lowest BCUT2D eigenvalue weighted by atomic mass is 10.0. The third-order valence-electron chi connectivity index (χ3n) is 5.10. The van der Waals surface area contributed by atoms with Gasteiger partial charge in [0.05, 0.1) is 6.20 Å². The van der Waals surface area contributed by atoms with Crippen molar-refractivity contribution in [3.8, 4) is 0 Å². The Bertz CT molecular complexity index is 1250. The number of carbonyl (C=O) groups is 2. The van der Waals surface area contributed by atoms with Crippen molar-refractivity contribution in [2.24, 2.45) is 0 Å². The van der Waals surface area contributed by atoms with Crippen LogP contribution in [0.25, 0.3) is 0 Å². The predicted octanol–water partition coefficient (Wildman–Crippen LogP) is 4.78. The van der Waals surface area contributed by atoms with Gasteiger partial charge in [0.1, 0.15) is 23.4 Å². The number of aromatic nitrogens is 2. The van der Waals surface area contributed by atoms with Crippen LogP contribution in [0.2, 0.25) is 0 Å². The lowest BCUT2D eigenvalue weighted by Crippen LogP contribution is -2.41. The highest BCUT2D eigenvalue weighted by Crippen LogP contribution is 2.27. The summed E-state index contributed by atoms with van der Waals surface area (Å²) in [6.45, 7) is 0.0785. The van der Waals surface area contributed by atoms with Crippen molar-refractivity contribution in [3.05, 3.63) is 126 Å². The largest absolute Gasteiger partial charge is 0.324 e. The van der Waals surface area contributed by atoms with E-state index in [9.17, 15) is 18.4 Å². The minimum Gasteiger partial charge on any atom is -0.324 e. The molecule has 2 amide bonds. The van der Waals surface area contributed by atoms with Crippen LogP contribution < -0.4 is 5.32 Å². The molecule has 0 aliphatic carbocycles. The number of hydrogen-bond donors (Lipinski definition) is 1. The zero-order valence-electron chi connectivity index (χ0n) is 17.9. The number of benzene rings is 3. The van der Waals surface area contributed by atoms with E-state index in [1.54, 1.807) is 0 Å². The molecule has 0 saturated heterocycles. The van der Waals surface area contributed by atoms with E-state index in [-0.39, 0.29) is 12.2 Å². The maximum atomic E-state index is 13.7. The van der Waals surface area contributed by atoms with Gasteiger partial charge in [0, 0.05) is 24.6 Å². The molecule has 0 spiro atoms. The Morgan fingerprint density at radius 1 is 0.853 bits per heavy atom. The van der Waals surface area contributed by atoms with Crippen molar-refractivity contribution in [2.75, 3.05) is 5.32 Å². The molecule has 0 radical (unpaired) electrons. The van der Waals surface area contributed by atoms with Gasteiger partial charge in [-0.25, -0.2) is 13.8 Å². The molecule has 1 N–H and O–H groups in total. The molecule has 1 aromatic heterocycles. The van der Waals surface area contributed by atoms with Crippen LogP contribution in [0.1, 0.15) is 27.7 Å². The Kier molecular flexibility index (Phi) is 6.98. The summed E-state index contributed by atoms with van der Waals surface area (Å²) in [7, 11) is 0. The topological polar surface area (TPSA) is 75.2 Å². The summed E-state index contributed by atoms with van der Waals surface area (Å²) in [6, 6.07) is 18.6. The van der Waals surface area contributed by atoms with Gasteiger partial charge in [0.25, 0.3) is 11.8 Å².